The number of hydrogen-bond donors (Lipinski definition) is 3. The van der Waals surface area contributed by atoms with Gasteiger partial charge in [0, 0.05) is 37.2 Å². The fourth-order valence-corrected chi connectivity index (χ4v) is 4.37. The van der Waals surface area contributed by atoms with Crippen LogP contribution >= 0.6 is 0 Å². The Labute approximate surface area is 197 Å². The fourth-order valence-electron chi connectivity index (χ4n) is 4.37. The number of likely N-dealkylation sites (tertiary alicyclic amines) is 1. The Kier molecular flexibility index (Phi) is 6.69. The summed E-state index contributed by atoms with van der Waals surface area (Å²) in [6.45, 7) is 4.06. The Balaban J connectivity index is 1.61. The first-order valence-electron chi connectivity index (χ1n) is 11.2. The van der Waals surface area contributed by atoms with Gasteiger partial charge in [0.05, 0.1) is 31.1 Å². The van der Waals surface area contributed by atoms with E-state index in [1.807, 2.05) is 19.9 Å². The molecule has 0 aliphatic carbocycles. The van der Waals surface area contributed by atoms with E-state index in [-0.39, 0.29) is 24.3 Å². The Morgan fingerprint density at radius 3 is 2.79 bits per heavy atom. The Morgan fingerprint density at radius 2 is 2.12 bits per heavy atom. The van der Waals surface area contributed by atoms with Crippen LogP contribution in [-0.2, 0) is 4.79 Å². The molecule has 10 nitrogen and oxygen atoms in total. The van der Waals surface area contributed by atoms with Crippen molar-refractivity contribution >= 4 is 11.8 Å². The third-order valence-corrected chi connectivity index (χ3v) is 6.09. The monoisotopic (exact) mass is 467 g/mol. The van der Waals surface area contributed by atoms with Crippen LogP contribution in [0, 0.1) is 5.92 Å². The van der Waals surface area contributed by atoms with Gasteiger partial charge in [0.2, 0.25) is 5.91 Å². The number of methoxy groups -OCH3 is 1. The van der Waals surface area contributed by atoms with E-state index in [2.05, 4.69) is 20.4 Å². The van der Waals surface area contributed by atoms with E-state index in [1.54, 1.807) is 42.4 Å². The van der Waals surface area contributed by atoms with Crippen LogP contribution in [0.15, 0.2) is 41.1 Å². The highest BCUT2D eigenvalue weighted by Crippen LogP contribution is 2.37. The molecule has 10 heteroatoms. The first kappa shape index (κ1) is 23.5. The molecule has 34 heavy (non-hydrogen) atoms. The molecule has 1 aliphatic heterocycles. The predicted octanol–water partition coefficient (Wildman–Crippen LogP) is 2.51. The van der Waals surface area contributed by atoms with Crippen molar-refractivity contribution in [2.75, 3.05) is 20.7 Å². The molecule has 3 N–H and O–H groups in total. The summed E-state index contributed by atoms with van der Waals surface area (Å²) in [6.07, 6.45) is 1.37. The number of aliphatic hydroxyl groups excluding tert-OH is 1. The molecule has 180 valence electrons. The average Bonchev–Trinajstić information content (AvgIpc) is 3.58. The lowest BCUT2D eigenvalue weighted by atomic mass is 9.91. The number of ether oxygens (including phenoxy) is 1. The summed E-state index contributed by atoms with van der Waals surface area (Å²) in [7, 11) is 3.07. The summed E-state index contributed by atoms with van der Waals surface area (Å²) in [5, 5.41) is 16.9. The van der Waals surface area contributed by atoms with E-state index in [1.165, 1.54) is 7.11 Å². The van der Waals surface area contributed by atoms with Gasteiger partial charge in [-0.15, -0.1) is 0 Å². The van der Waals surface area contributed by atoms with E-state index in [0.29, 0.717) is 29.4 Å². The lowest BCUT2D eigenvalue weighted by Gasteiger charge is -2.28. The largest absolute Gasteiger partial charge is 0.479 e. The molecule has 4 rings (SSSR count). The summed E-state index contributed by atoms with van der Waals surface area (Å²) >= 11 is 0. The molecule has 3 aromatic rings. The molecule has 0 spiro atoms. The maximum absolute atomic E-state index is 13.6. The van der Waals surface area contributed by atoms with Crippen molar-refractivity contribution in [1.82, 2.24) is 25.3 Å². The second-order valence-corrected chi connectivity index (χ2v) is 8.73. The minimum absolute atomic E-state index is 0.0665. The molecule has 1 fully saturated rings. The molecule has 1 aliphatic rings. The number of rotatable bonds is 7. The number of nitrogens with zero attached hydrogens (tertiary/aromatic N) is 3. The number of carbonyl (C=O) groups is 2. The highest BCUT2D eigenvalue weighted by molar-refractivity contribution is 5.95. The van der Waals surface area contributed by atoms with Crippen molar-refractivity contribution in [3.8, 4) is 17.1 Å². The lowest BCUT2D eigenvalue weighted by Crippen LogP contribution is -2.37. The zero-order valence-electron chi connectivity index (χ0n) is 19.6. The summed E-state index contributed by atoms with van der Waals surface area (Å²) in [4.78, 5) is 35.1. The third kappa shape index (κ3) is 4.54. The minimum Gasteiger partial charge on any atom is -0.479 e. The number of amides is 2. The number of β-amino-alcohol motifs (C(OH)–C–C–N with tert-alkyl or cyclic N) is 1. The number of imidazole rings is 1. The van der Waals surface area contributed by atoms with Crippen LogP contribution in [0.1, 0.15) is 54.2 Å². The van der Waals surface area contributed by atoms with Gasteiger partial charge in [-0.1, -0.05) is 26.0 Å². The summed E-state index contributed by atoms with van der Waals surface area (Å²) in [5.41, 5.74) is 2.05. The van der Waals surface area contributed by atoms with E-state index < -0.39 is 18.1 Å². The lowest BCUT2D eigenvalue weighted by molar-refractivity contribution is -0.135. The average molecular weight is 468 g/mol. The van der Waals surface area contributed by atoms with Gasteiger partial charge in [-0.05, 0) is 23.2 Å². The molecule has 1 saturated heterocycles. The van der Waals surface area contributed by atoms with Crippen LogP contribution in [-0.4, -0.2) is 63.8 Å². The van der Waals surface area contributed by atoms with E-state index in [9.17, 15) is 14.7 Å². The third-order valence-electron chi connectivity index (χ3n) is 6.09. The number of nitrogens with one attached hydrogen (secondary N) is 2. The van der Waals surface area contributed by atoms with E-state index in [4.69, 9.17) is 9.26 Å². The summed E-state index contributed by atoms with van der Waals surface area (Å²) in [5.74, 6) is 0.300. The van der Waals surface area contributed by atoms with Crippen molar-refractivity contribution in [2.45, 2.75) is 38.3 Å². The van der Waals surface area contributed by atoms with Crippen LogP contribution < -0.4 is 10.1 Å². The molecule has 0 bridgehead atoms. The molecule has 3 heterocycles. The van der Waals surface area contributed by atoms with Crippen molar-refractivity contribution in [1.29, 1.82) is 0 Å². The maximum atomic E-state index is 13.6. The van der Waals surface area contributed by atoms with Crippen LogP contribution in [0.4, 0.5) is 0 Å². The number of hydrogen-bond acceptors (Lipinski definition) is 7. The second kappa shape index (κ2) is 9.68. The number of aliphatic hydroxyl groups is 1. The van der Waals surface area contributed by atoms with Gasteiger partial charge in [0.25, 0.3) is 11.8 Å². The van der Waals surface area contributed by atoms with Crippen LogP contribution in [0.3, 0.4) is 0 Å². The van der Waals surface area contributed by atoms with Crippen LogP contribution in [0.25, 0.3) is 11.3 Å². The van der Waals surface area contributed by atoms with Gasteiger partial charge in [0.15, 0.2) is 5.76 Å². The minimum atomic E-state index is -0.670. The molecule has 0 saturated carbocycles. The first-order valence-corrected chi connectivity index (χ1v) is 11.2. The fraction of sp³-hybridized carbons (Fsp3) is 0.417. The van der Waals surface area contributed by atoms with Gasteiger partial charge in [-0.25, -0.2) is 4.98 Å². The highest BCUT2D eigenvalue weighted by Gasteiger charge is 2.42. The van der Waals surface area contributed by atoms with Gasteiger partial charge in [-0.2, -0.15) is 0 Å². The molecule has 0 radical (unpaired) electrons. The maximum Gasteiger partial charge on any atom is 0.254 e. The van der Waals surface area contributed by atoms with Gasteiger partial charge < -0.3 is 29.6 Å². The Hall–Kier alpha value is -3.66. The smallest absolute Gasteiger partial charge is 0.254 e. The van der Waals surface area contributed by atoms with Crippen LogP contribution in [0.5, 0.6) is 5.88 Å². The number of benzene rings is 1. The molecular weight excluding hydrogens is 438 g/mol. The normalized spacial score (nSPS) is 18.8. The Morgan fingerprint density at radius 1 is 1.32 bits per heavy atom. The molecule has 3 atom stereocenters. The zero-order valence-corrected chi connectivity index (χ0v) is 19.6. The first-order chi connectivity index (χ1) is 16.3. The number of aromatic amines is 1. The number of carbonyl (C=O) groups excluding carboxylic acids is 2. The van der Waals surface area contributed by atoms with Crippen molar-refractivity contribution in [2.24, 2.45) is 5.92 Å². The molecule has 1 unspecified atom stereocenters. The van der Waals surface area contributed by atoms with Crippen LogP contribution in [0.2, 0.25) is 0 Å². The quantitative estimate of drug-likeness (QED) is 0.486. The van der Waals surface area contributed by atoms with Crippen molar-refractivity contribution in [3.05, 3.63) is 53.7 Å². The van der Waals surface area contributed by atoms with E-state index >= 15 is 0 Å². The standard InChI is InChI=1S/C24H29N5O5/c1-13(2)21(19-10-20(33-4)28-34-19)24(32)29-12-16(30)9-18(29)22-26-11-17(27-22)14-6-5-7-15(8-14)23(31)25-3/h5-8,10-11,13,16,18,21,30H,9,12H2,1-4H3,(H,25,31)(H,26,27)/t16-,18+,21?/m1/s1. The number of H-pyrrole nitrogens is 1. The molecule has 1 aromatic carbocycles. The van der Waals surface area contributed by atoms with Crippen molar-refractivity contribution < 1.29 is 24.0 Å². The summed E-state index contributed by atoms with van der Waals surface area (Å²) in [6, 6.07) is 8.38. The Bertz CT molecular complexity index is 1170. The molecule has 2 amide bonds. The number of aromatic nitrogens is 3. The second-order valence-electron chi connectivity index (χ2n) is 8.73. The SMILES string of the molecule is CNC(=O)c1cccc(-c2cnc([C@@H]3C[C@@H](O)CN3C(=O)C(c3cc(OC)no3)C(C)C)[nH]2)c1. The van der Waals surface area contributed by atoms with Gasteiger partial charge in [-0.3, -0.25) is 9.59 Å². The summed E-state index contributed by atoms with van der Waals surface area (Å²) < 4.78 is 10.5. The zero-order chi connectivity index (χ0) is 24.4. The molecular formula is C24H29N5O5. The molecule has 2 aromatic heterocycles. The van der Waals surface area contributed by atoms with Gasteiger partial charge in [0.1, 0.15) is 11.7 Å². The van der Waals surface area contributed by atoms with E-state index in [0.717, 1.165) is 11.3 Å². The van der Waals surface area contributed by atoms with Gasteiger partial charge >= 0.3 is 0 Å². The van der Waals surface area contributed by atoms with Crippen molar-refractivity contribution in [3.63, 3.8) is 0 Å². The highest BCUT2D eigenvalue weighted by atomic mass is 16.5. The topological polar surface area (TPSA) is 134 Å². The predicted molar refractivity (Wildman–Crippen MR) is 123 cm³/mol.